The van der Waals surface area contributed by atoms with Crippen LogP contribution in [0.2, 0.25) is 0 Å². The van der Waals surface area contributed by atoms with Crippen molar-refractivity contribution in [3.63, 3.8) is 0 Å². The second kappa shape index (κ2) is 11.4. The van der Waals surface area contributed by atoms with Crippen molar-refractivity contribution in [2.45, 2.75) is 72.4 Å². The van der Waals surface area contributed by atoms with Crippen molar-refractivity contribution in [2.75, 3.05) is 0 Å². The van der Waals surface area contributed by atoms with Gasteiger partial charge in [0.1, 0.15) is 11.5 Å². The van der Waals surface area contributed by atoms with E-state index in [1.807, 2.05) is 52.9 Å². The van der Waals surface area contributed by atoms with Crippen LogP contribution in [0.15, 0.2) is 108 Å². The van der Waals surface area contributed by atoms with E-state index in [2.05, 4.69) is 32.7 Å². The lowest BCUT2D eigenvalue weighted by Gasteiger charge is -2.41. The standard InChI is InChI=1S/C47H43N3O2/c1-9-30-22-25-38-44(52-45-49-35-15-11-12-16-37(35)50(38)45)41(30)31-21-18-27(2)32(26-31)42-29(4)20-24-36(48-42)40-28(3)19-23-34-43(40)51-39-17-13-10-14-33(39)46(5,6)47(34,7)8/h10-26H,9H2,1-8H3/i2D3,3D3,4D3,9D2. The van der Waals surface area contributed by atoms with Gasteiger partial charge in [0.15, 0.2) is 5.58 Å². The van der Waals surface area contributed by atoms with Gasteiger partial charge in [-0.3, -0.25) is 4.40 Å². The van der Waals surface area contributed by atoms with E-state index < -0.39 is 37.8 Å². The minimum absolute atomic E-state index is 0.0580. The molecule has 9 rings (SSSR count). The third-order valence-electron chi connectivity index (χ3n) is 11.3. The van der Waals surface area contributed by atoms with Crippen LogP contribution in [-0.2, 0) is 17.2 Å². The first-order valence-corrected chi connectivity index (χ1v) is 17.3. The van der Waals surface area contributed by atoms with E-state index in [0.717, 1.165) is 11.1 Å². The molecule has 0 aliphatic carbocycles. The van der Waals surface area contributed by atoms with Crippen molar-refractivity contribution >= 4 is 28.0 Å². The summed E-state index contributed by atoms with van der Waals surface area (Å²) in [4.78, 5) is 9.65. The number of aryl methyl sites for hydroxylation is 4. The zero-order valence-electron chi connectivity index (χ0n) is 40.5. The highest BCUT2D eigenvalue weighted by Gasteiger charge is 2.46. The Morgan fingerprint density at radius 1 is 0.712 bits per heavy atom. The number of hydrogen-bond donors (Lipinski definition) is 0. The fourth-order valence-electron chi connectivity index (χ4n) is 7.73. The lowest BCUT2D eigenvalue weighted by Crippen LogP contribution is -2.39. The normalized spacial score (nSPS) is 18.8. The summed E-state index contributed by atoms with van der Waals surface area (Å²) in [7, 11) is 0. The molecule has 0 saturated heterocycles. The second-order valence-electron chi connectivity index (χ2n) is 14.5. The quantitative estimate of drug-likeness (QED) is 0.184. The van der Waals surface area contributed by atoms with Crippen LogP contribution in [0.1, 0.15) is 83.1 Å². The number of aromatic nitrogens is 3. The number of benzene rings is 5. The Balaban J connectivity index is 1.36. The van der Waals surface area contributed by atoms with E-state index in [-0.39, 0.29) is 61.9 Å². The summed E-state index contributed by atoms with van der Waals surface area (Å²) in [6, 6.07) is 29.0. The Kier molecular flexibility index (Phi) is 4.89. The van der Waals surface area contributed by atoms with Gasteiger partial charge in [-0.2, -0.15) is 4.98 Å². The molecule has 1 aliphatic rings. The molecule has 0 atom stereocenters. The molecule has 0 unspecified atom stereocenters. The molecule has 1 aliphatic heterocycles. The van der Waals surface area contributed by atoms with Crippen molar-refractivity contribution in [3.8, 4) is 45.1 Å². The van der Waals surface area contributed by atoms with Gasteiger partial charge in [0.2, 0.25) is 0 Å². The molecule has 52 heavy (non-hydrogen) atoms. The number of nitrogens with zero attached hydrogens (tertiary/aromatic N) is 3. The van der Waals surface area contributed by atoms with Gasteiger partial charge in [-0.15, -0.1) is 0 Å². The number of imidazole rings is 1. The summed E-state index contributed by atoms with van der Waals surface area (Å²) in [6.07, 6.45) is -1.93. The molecule has 3 aromatic heterocycles. The minimum atomic E-state index is -2.82. The SMILES string of the molecule is [2H]C([2H])([2H])c1ccc(-c2c(C([2H])([2H])C)ccc3c2oc2nc4ccccc4n23)cc1-c1nc(-c2c(C([2H])([2H])[2H])ccc3c2Oc2ccccc2C(C)(C)C3(C)C)ccc1C([2H])([2H])[2H]. The zero-order valence-corrected chi connectivity index (χ0v) is 29.5. The number of pyridine rings is 1. The maximum absolute atomic E-state index is 8.89. The molecule has 0 fully saturated rings. The lowest BCUT2D eigenvalue weighted by atomic mass is 9.61. The number of oxazole rings is 1. The predicted molar refractivity (Wildman–Crippen MR) is 213 cm³/mol. The van der Waals surface area contributed by atoms with Crippen LogP contribution < -0.4 is 4.74 Å². The number of ether oxygens (including phenoxy) is 1. The second-order valence-corrected chi connectivity index (χ2v) is 14.5. The van der Waals surface area contributed by atoms with Gasteiger partial charge in [-0.25, -0.2) is 4.98 Å². The summed E-state index contributed by atoms with van der Waals surface area (Å²) in [5.74, 6) is 1.03. The van der Waals surface area contributed by atoms with Crippen LogP contribution in [0.3, 0.4) is 0 Å². The van der Waals surface area contributed by atoms with Crippen LogP contribution in [0.4, 0.5) is 0 Å². The van der Waals surface area contributed by atoms with Crippen molar-refractivity contribution < 1.29 is 24.2 Å². The summed E-state index contributed by atoms with van der Waals surface area (Å²) < 4.78 is 111. The van der Waals surface area contributed by atoms with Crippen LogP contribution in [0.25, 0.3) is 61.6 Å². The summed E-state index contributed by atoms with van der Waals surface area (Å²) in [5.41, 5.74) is 2.97. The summed E-state index contributed by atoms with van der Waals surface area (Å²) in [6.45, 7) is 1.45. The Hall–Kier alpha value is -5.68. The van der Waals surface area contributed by atoms with E-state index in [1.54, 1.807) is 24.3 Å². The summed E-state index contributed by atoms with van der Waals surface area (Å²) in [5, 5.41) is 0. The fraction of sp³-hybridized carbons (Fsp3) is 0.234. The Morgan fingerprint density at radius 3 is 2.29 bits per heavy atom. The molecule has 5 nitrogen and oxygen atoms in total. The minimum Gasteiger partial charge on any atom is -0.456 e. The first-order chi connectivity index (χ1) is 29.3. The van der Waals surface area contributed by atoms with Gasteiger partial charge >= 0.3 is 5.84 Å². The Bertz CT molecular complexity index is 3160. The average Bonchev–Trinajstić information content (AvgIpc) is 3.73. The van der Waals surface area contributed by atoms with Crippen molar-refractivity contribution in [3.05, 3.63) is 137 Å². The maximum atomic E-state index is 8.89. The van der Waals surface area contributed by atoms with Gasteiger partial charge < -0.3 is 9.15 Å². The molecule has 258 valence electrons. The van der Waals surface area contributed by atoms with E-state index in [4.69, 9.17) is 29.2 Å². The lowest BCUT2D eigenvalue weighted by molar-refractivity contribution is 0.306. The van der Waals surface area contributed by atoms with Crippen LogP contribution in [0, 0.1) is 20.6 Å². The van der Waals surface area contributed by atoms with Crippen LogP contribution in [-0.4, -0.2) is 14.4 Å². The molecular formula is C47H43N3O2. The van der Waals surface area contributed by atoms with Crippen LogP contribution in [0.5, 0.6) is 11.5 Å². The average molecular weight is 693 g/mol. The first kappa shape index (κ1) is 22.3. The monoisotopic (exact) mass is 692 g/mol. The van der Waals surface area contributed by atoms with Gasteiger partial charge in [-0.05, 0) is 91.1 Å². The predicted octanol–water partition coefficient (Wildman–Crippen LogP) is 12.5. The molecular weight excluding hydrogens is 639 g/mol. The highest BCUT2D eigenvalue weighted by atomic mass is 16.5. The first-order valence-electron chi connectivity index (χ1n) is 22.8. The van der Waals surface area contributed by atoms with Gasteiger partial charge in [0, 0.05) is 53.7 Å². The third-order valence-corrected chi connectivity index (χ3v) is 11.3. The van der Waals surface area contributed by atoms with E-state index in [9.17, 15) is 0 Å². The van der Waals surface area contributed by atoms with E-state index in [1.165, 1.54) is 37.3 Å². The topological polar surface area (TPSA) is 52.6 Å². The zero-order chi connectivity index (χ0) is 45.4. The van der Waals surface area contributed by atoms with Gasteiger partial charge in [-0.1, -0.05) is 101 Å². The van der Waals surface area contributed by atoms with Crippen LogP contribution >= 0.6 is 0 Å². The number of hydrogen-bond acceptors (Lipinski definition) is 4. The Labute approximate surface area is 320 Å². The highest BCUT2D eigenvalue weighted by Crippen LogP contribution is 2.55. The van der Waals surface area contributed by atoms with Gasteiger partial charge in [0.25, 0.3) is 0 Å². The molecule has 0 saturated carbocycles. The van der Waals surface area contributed by atoms with Crippen molar-refractivity contribution in [1.29, 1.82) is 0 Å². The van der Waals surface area contributed by atoms with E-state index >= 15 is 0 Å². The maximum Gasteiger partial charge on any atom is 0.307 e. The molecule has 8 aromatic rings. The van der Waals surface area contributed by atoms with E-state index in [0.29, 0.717) is 33.5 Å². The molecule has 0 bridgehead atoms. The number of fused-ring (bicyclic) bond motifs is 7. The van der Waals surface area contributed by atoms with Crippen molar-refractivity contribution in [2.24, 2.45) is 0 Å². The van der Waals surface area contributed by atoms with Gasteiger partial charge in [0.05, 0.1) is 27.9 Å². The smallest absolute Gasteiger partial charge is 0.307 e. The third kappa shape index (κ3) is 4.54. The summed E-state index contributed by atoms with van der Waals surface area (Å²) >= 11 is 0. The molecule has 0 amide bonds. The van der Waals surface area contributed by atoms with Crippen molar-refractivity contribution in [1.82, 2.24) is 14.4 Å². The molecule has 5 heteroatoms. The highest BCUT2D eigenvalue weighted by molar-refractivity contribution is 5.98. The molecule has 0 radical (unpaired) electrons. The number of rotatable bonds is 4. The Morgan fingerprint density at radius 2 is 1.46 bits per heavy atom. The molecule has 5 aromatic carbocycles. The number of para-hydroxylation sites is 3. The molecule has 4 heterocycles. The largest absolute Gasteiger partial charge is 0.456 e. The fourth-order valence-corrected chi connectivity index (χ4v) is 7.73. The molecule has 0 spiro atoms. The molecule has 0 N–H and O–H groups in total.